The zero-order chi connectivity index (χ0) is 18.8. The Bertz CT molecular complexity index is 837. The monoisotopic (exact) mass is 350 g/mol. The standard InChI is InChI=1S/C22H26N2O2/c1-21(2,3)26-20(25)24-12-10-22(16-23,11-13-24)15-17-8-9-18-6-4-5-7-19(18)14-17/h4-9,14H,10-13,15H2,1-3H3. The smallest absolute Gasteiger partial charge is 0.410 e. The van der Waals surface area contributed by atoms with E-state index in [0.717, 1.165) is 6.42 Å². The minimum Gasteiger partial charge on any atom is -0.444 e. The second kappa shape index (κ2) is 6.99. The third kappa shape index (κ3) is 4.16. The van der Waals surface area contributed by atoms with Crippen LogP contribution in [-0.4, -0.2) is 29.7 Å². The maximum Gasteiger partial charge on any atom is 0.410 e. The summed E-state index contributed by atoms with van der Waals surface area (Å²) in [5.41, 5.74) is 0.267. The van der Waals surface area contributed by atoms with E-state index in [-0.39, 0.29) is 6.09 Å². The van der Waals surface area contributed by atoms with Crippen LogP contribution in [0.3, 0.4) is 0 Å². The number of hydrogen-bond donors (Lipinski definition) is 0. The summed E-state index contributed by atoms with van der Waals surface area (Å²) in [6, 6.07) is 17.2. The molecule has 0 N–H and O–H groups in total. The lowest BCUT2D eigenvalue weighted by molar-refractivity contribution is 0.0148. The van der Waals surface area contributed by atoms with Gasteiger partial charge in [-0.15, -0.1) is 0 Å². The molecule has 136 valence electrons. The molecule has 0 aliphatic carbocycles. The van der Waals surface area contributed by atoms with Crippen molar-refractivity contribution >= 4 is 16.9 Å². The van der Waals surface area contributed by atoms with E-state index in [1.165, 1.54) is 16.3 Å². The molecule has 0 saturated carbocycles. The quantitative estimate of drug-likeness (QED) is 0.772. The molecule has 0 bridgehead atoms. The summed E-state index contributed by atoms with van der Waals surface area (Å²) in [6.45, 7) is 6.74. The van der Waals surface area contributed by atoms with E-state index in [2.05, 4.69) is 36.4 Å². The summed E-state index contributed by atoms with van der Waals surface area (Å²) < 4.78 is 5.45. The first-order valence-electron chi connectivity index (χ1n) is 9.17. The van der Waals surface area contributed by atoms with E-state index in [1.807, 2.05) is 32.9 Å². The lowest BCUT2D eigenvalue weighted by atomic mass is 9.75. The molecule has 2 aromatic rings. The van der Waals surface area contributed by atoms with Gasteiger partial charge in [0.15, 0.2) is 0 Å². The number of nitrogens with zero attached hydrogens (tertiary/aromatic N) is 2. The average molecular weight is 350 g/mol. The van der Waals surface area contributed by atoms with Crippen LogP contribution < -0.4 is 0 Å². The van der Waals surface area contributed by atoms with Crippen LogP contribution in [0, 0.1) is 16.7 Å². The van der Waals surface area contributed by atoms with Gasteiger partial charge in [-0.25, -0.2) is 4.79 Å². The van der Waals surface area contributed by atoms with Crippen molar-refractivity contribution in [2.45, 2.75) is 45.6 Å². The number of rotatable bonds is 2. The molecule has 0 unspecified atom stereocenters. The molecule has 1 fully saturated rings. The molecule has 0 aromatic heterocycles. The van der Waals surface area contributed by atoms with Crippen LogP contribution in [0.1, 0.15) is 39.2 Å². The highest BCUT2D eigenvalue weighted by atomic mass is 16.6. The van der Waals surface area contributed by atoms with Crippen LogP contribution in [0.15, 0.2) is 42.5 Å². The van der Waals surface area contributed by atoms with Crippen molar-refractivity contribution in [3.05, 3.63) is 48.0 Å². The van der Waals surface area contributed by atoms with Crippen molar-refractivity contribution in [1.29, 1.82) is 5.26 Å². The van der Waals surface area contributed by atoms with Gasteiger partial charge in [0, 0.05) is 13.1 Å². The zero-order valence-electron chi connectivity index (χ0n) is 15.8. The first-order valence-corrected chi connectivity index (χ1v) is 9.17. The number of nitriles is 1. The van der Waals surface area contributed by atoms with Gasteiger partial charge in [0.1, 0.15) is 5.60 Å². The summed E-state index contributed by atoms with van der Waals surface area (Å²) in [5, 5.41) is 12.3. The molecule has 4 heteroatoms. The molecule has 1 aliphatic heterocycles. The number of amides is 1. The largest absolute Gasteiger partial charge is 0.444 e. The van der Waals surface area contributed by atoms with Gasteiger partial charge in [0.05, 0.1) is 11.5 Å². The predicted molar refractivity (Wildman–Crippen MR) is 103 cm³/mol. The fourth-order valence-corrected chi connectivity index (χ4v) is 3.51. The molecule has 2 aromatic carbocycles. The number of carbonyl (C=O) groups excluding carboxylic acids is 1. The Morgan fingerprint density at radius 3 is 2.42 bits per heavy atom. The number of likely N-dealkylation sites (tertiary alicyclic amines) is 1. The summed E-state index contributed by atoms with van der Waals surface area (Å²) >= 11 is 0. The minimum absolute atomic E-state index is 0.283. The van der Waals surface area contributed by atoms with Gasteiger partial charge in [-0.3, -0.25) is 0 Å². The number of piperidine rings is 1. The SMILES string of the molecule is CC(C)(C)OC(=O)N1CCC(C#N)(Cc2ccc3ccccc3c2)CC1. The van der Waals surface area contributed by atoms with Crippen molar-refractivity contribution in [3.63, 3.8) is 0 Å². The van der Waals surface area contributed by atoms with Crippen LogP contribution in [0.4, 0.5) is 4.79 Å². The van der Waals surface area contributed by atoms with E-state index in [1.54, 1.807) is 4.90 Å². The molecular formula is C22H26N2O2. The van der Waals surface area contributed by atoms with Gasteiger partial charge in [-0.05, 0) is 56.4 Å². The van der Waals surface area contributed by atoms with Crippen molar-refractivity contribution in [2.24, 2.45) is 5.41 Å². The van der Waals surface area contributed by atoms with E-state index in [4.69, 9.17) is 4.74 Å². The Hall–Kier alpha value is -2.54. The minimum atomic E-state index is -0.494. The van der Waals surface area contributed by atoms with Gasteiger partial charge in [-0.1, -0.05) is 42.5 Å². The van der Waals surface area contributed by atoms with Gasteiger partial charge in [0.2, 0.25) is 0 Å². The summed E-state index contributed by atoms with van der Waals surface area (Å²) in [4.78, 5) is 14.0. The second-order valence-electron chi connectivity index (χ2n) is 8.22. The zero-order valence-corrected chi connectivity index (χ0v) is 15.8. The predicted octanol–water partition coefficient (Wildman–Crippen LogP) is 4.92. The average Bonchev–Trinajstić information content (AvgIpc) is 2.60. The second-order valence-corrected chi connectivity index (χ2v) is 8.22. The number of carbonyl (C=O) groups is 1. The number of benzene rings is 2. The van der Waals surface area contributed by atoms with Crippen LogP contribution >= 0.6 is 0 Å². The Labute approximate surface area is 155 Å². The van der Waals surface area contributed by atoms with E-state index < -0.39 is 11.0 Å². The third-order valence-electron chi connectivity index (χ3n) is 4.97. The van der Waals surface area contributed by atoms with Gasteiger partial charge in [0.25, 0.3) is 0 Å². The van der Waals surface area contributed by atoms with E-state index in [9.17, 15) is 10.1 Å². The first-order chi connectivity index (χ1) is 12.3. The summed E-state index contributed by atoms with van der Waals surface area (Å²) in [5.74, 6) is 0. The first kappa shape index (κ1) is 18.3. The number of fused-ring (bicyclic) bond motifs is 1. The molecule has 1 aliphatic rings. The van der Waals surface area contributed by atoms with Crippen molar-refractivity contribution < 1.29 is 9.53 Å². The molecule has 4 nitrogen and oxygen atoms in total. The molecular weight excluding hydrogens is 324 g/mol. The highest BCUT2D eigenvalue weighted by Gasteiger charge is 2.37. The molecule has 1 amide bonds. The van der Waals surface area contributed by atoms with Crippen LogP contribution in [0.2, 0.25) is 0 Å². The molecule has 3 rings (SSSR count). The summed E-state index contributed by atoms with van der Waals surface area (Å²) in [7, 11) is 0. The van der Waals surface area contributed by atoms with E-state index in [0.29, 0.717) is 25.9 Å². The highest BCUT2D eigenvalue weighted by Crippen LogP contribution is 2.35. The number of hydrogen-bond acceptors (Lipinski definition) is 3. The van der Waals surface area contributed by atoms with Gasteiger partial charge >= 0.3 is 6.09 Å². The fourth-order valence-electron chi connectivity index (χ4n) is 3.51. The summed E-state index contributed by atoms with van der Waals surface area (Å²) in [6.07, 6.45) is 1.79. The third-order valence-corrected chi connectivity index (χ3v) is 4.97. The topological polar surface area (TPSA) is 53.3 Å². The van der Waals surface area contributed by atoms with Crippen molar-refractivity contribution in [2.75, 3.05) is 13.1 Å². The Balaban J connectivity index is 1.69. The molecule has 0 spiro atoms. The highest BCUT2D eigenvalue weighted by molar-refractivity contribution is 5.83. The van der Waals surface area contributed by atoms with Gasteiger partial charge in [-0.2, -0.15) is 5.26 Å². The van der Waals surface area contributed by atoms with Gasteiger partial charge < -0.3 is 9.64 Å². The molecule has 0 atom stereocenters. The molecule has 1 heterocycles. The van der Waals surface area contributed by atoms with E-state index >= 15 is 0 Å². The lowest BCUT2D eigenvalue weighted by Gasteiger charge is -2.38. The Morgan fingerprint density at radius 2 is 1.81 bits per heavy atom. The normalized spacial score (nSPS) is 16.9. The van der Waals surface area contributed by atoms with Crippen molar-refractivity contribution in [3.8, 4) is 6.07 Å². The maximum absolute atomic E-state index is 12.2. The van der Waals surface area contributed by atoms with Crippen LogP contribution in [-0.2, 0) is 11.2 Å². The Morgan fingerprint density at radius 1 is 1.15 bits per heavy atom. The van der Waals surface area contributed by atoms with Crippen LogP contribution in [0.5, 0.6) is 0 Å². The fraction of sp³-hybridized carbons (Fsp3) is 0.455. The number of ether oxygens (including phenoxy) is 1. The van der Waals surface area contributed by atoms with Crippen LogP contribution in [0.25, 0.3) is 10.8 Å². The Kier molecular flexibility index (Phi) is 4.91. The molecule has 26 heavy (non-hydrogen) atoms. The maximum atomic E-state index is 12.2. The lowest BCUT2D eigenvalue weighted by Crippen LogP contribution is -2.45. The van der Waals surface area contributed by atoms with Crippen molar-refractivity contribution in [1.82, 2.24) is 4.90 Å². The molecule has 0 radical (unpaired) electrons. The molecule has 1 saturated heterocycles.